The molecule has 35 heavy (non-hydrogen) atoms. The minimum Gasteiger partial charge on any atom is -0.493 e. The molecular formula is C24H22ClNO8S. The second-order valence-electron chi connectivity index (χ2n) is 7.63. The van der Waals surface area contributed by atoms with E-state index in [0.29, 0.717) is 23.1 Å². The number of amides is 2. The van der Waals surface area contributed by atoms with Crippen LogP contribution in [0.1, 0.15) is 35.3 Å². The Balaban J connectivity index is 1.76. The van der Waals surface area contributed by atoms with E-state index >= 15 is 0 Å². The van der Waals surface area contributed by atoms with Gasteiger partial charge in [-0.1, -0.05) is 23.7 Å². The molecule has 0 bridgehead atoms. The third-order valence-electron chi connectivity index (χ3n) is 4.66. The second-order valence-corrected chi connectivity index (χ2v) is 9.03. The van der Waals surface area contributed by atoms with Crippen molar-refractivity contribution in [1.82, 2.24) is 4.90 Å². The number of methoxy groups -OCH3 is 1. The Morgan fingerprint density at radius 1 is 1.17 bits per heavy atom. The van der Waals surface area contributed by atoms with Crippen molar-refractivity contribution in [3.8, 4) is 11.5 Å². The Morgan fingerprint density at radius 3 is 2.46 bits per heavy atom. The number of rotatable bonds is 9. The van der Waals surface area contributed by atoms with Crippen LogP contribution in [0.15, 0.2) is 41.3 Å². The first-order valence-electron chi connectivity index (χ1n) is 10.4. The fourth-order valence-electron chi connectivity index (χ4n) is 3.08. The van der Waals surface area contributed by atoms with Gasteiger partial charge in [0, 0.05) is 0 Å². The number of nitrogens with zero attached hydrogens (tertiary/aromatic N) is 1. The van der Waals surface area contributed by atoms with Gasteiger partial charge in [-0.3, -0.25) is 19.3 Å². The summed E-state index contributed by atoms with van der Waals surface area (Å²) in [5.74, 6) is -1.75. The number of ether oxygens (including phenoxy) is 3. The van der Waals surface area contributed by atoms with Gasteiger partial charge in [0.15, 0.2) is 11.5 Å². The van der Waals surface area contributed by atoms with Crippen LogP contribution in [-0.4, -0.2) is 52.8 Å². The monoisotopic (exact) mass is 519 g/mol. The molecule has 1 N–H and O–H groups in total. The van der Waals surface area contributed by atoms with Crippen LogP contribution in [0.4, 0.5) is 4.79 Å². The first-order valence-corrected chi connectivity index (χ1v) is 11.6. The van der Waals surface area contributed by atoms with Gasteiger partial charge >= 0.3 is 11.9 Å². The van der Waals surface area contributed by atoms with Crippen LogP contribution >= 0.6 is 23.4 Å². The molecule has 3 rings (SSSR count). The smallest absolute Gasteiger partial charge is 0.335 e. The molecule has 2 aromatic rings. The summed E-state index contributed by atoms with van der Waals surface area (Å²) in [6.07, 6.45) is 1.11. The van der Waals surface area contributed by atoms with Crippen molar-refractivity contribution in [3.05, 3.63) is 63.0 Å². The molecule has 1 fully saturated rings. The zero-order valence-corrected chi connectivity index (χ0v) is 20.6. The topological polar surface area (TPSA) is 119 Å². The molecule has 11 heteroatoms. The highest BCUT2D eigenvalue weighted by Gasteiger charge is 2.36. The van der Waals surface area contributed by atoms with Crippen molar-refractivity contribution in [2.45, 2.75) is 26.6 Å². The number of carboxylic acids is 1. The van der Waals surface area contributed by atoms with Crippen LogP contribution < -0.4 is 9.47 Å². The van der Waals surface area contributed by atoms with Gasteiger partial charge < -0.3 is 19.3 Å². The Kier molecular flexibility index (Phi) is 8.42. The van der Waals surface area contributed by atoms with Gasteiger partial charge in [0.2, 0.25) is 0 Å². The normalized spacial score (nSPS) is 14.5. The van der Waals surface area contributed by atoms with E-state index in [2.05, 4.69) is 0 Å². The lowest BCUT2D eigenvalue weighted by Crippen LogP contribution is -2.35. The van der Waals surface area contributed by atoms with Gasteiger partial charge in [0.1, 0.15) is 13.2 Å². The molecule has 0 atom stereocenters. The molecular weight excluding hydrogens is 498 g/mol. The van der Waals surface area contributed by atoms with Gasteiger partial charge in [-0.25, -0.2) is 4.79 Å². The molecule has 2 aromatic carbocycles. The van der Waals surface area contributed by atoms with Crippen LogP contribution in [0.3, 0.4) is 0 Å². The van der Waals surface area contributed by atoms with Crippen LogP contribution in [0.25, 0.3) is 6.08 Å². The van der Waals surface area contributed by atoms with Crippen molar-refractivity contribution in [2.24, 2.45) is 0 Å². The number of thioether (sulfide) groups is 1. The van der Waals surface area contributed by atoms with Crippen molar-refractivity contribution >= 4 is 52.5 Å². The summed E-state index contributed by atoms with van der Waals surface area (Å²) in [6, 6.07) is 9.34. The highest BCUT2D eigenvalue weighted by atomic mass is 35.5. The molecule has 1 aliphatic heterocycles. The zero-order valence-electron chi connectivity index (χ0n) is 19.1. The average Bonchev–Trinajstić information content (AvgIpc) is 3.05. The van der Waals surface area contributed by atoms with Crippen molar-refractivity contribution in [3.63, 3.8) is 0 Å². The molecule has 1 aliphatic rings. The van der Waals surface area contributed by atoms with Gasteiger partial charge in [-0.05, 0) is 67.1 Å². The summed E-state index contributed by atoms with van der Waals surface area (Å²) < 4.78 is 16.2. The van der Waals surface area contributed by atoms with E-state index in [1.54, 1.807) is 38.1 Å². The van der Waals surface area contributed by atoms with E-state index in [1.807, 2.05) is 0 Å². The number of hydrogen-bond donors (Lipinski definition) is 1. The number of hydrogen-bond acceptors (Lipinski definition) is 8. The molecule has 184 valence electrons. The minimum atomic E-state index is -1.02. The summed E-state index contributed by atoms with van der Waals surface area (Å²) in [5.41, 5.74) is 1.37. The highest BCUT2D eigenvalue weighted by Crippen LogP contribution is 2.39. The number of esters is 1. The van der Waals surface area contributed by atoms with E-state index in [-0.39, 0.29) is 34.0 Å². The second kappa shape index (κ2) is 11.3. The minimum absolute atomic E-state index is 0.112. The number of halogens is 1. The molecule has 0 aliphatic carbocycles. The van der Waals surface area contributed by atoms with E-state index in [0.717, 1.165) is 10.5 Å². The Labute approximate surface area is 210 Å². The average molecular weight is 520 g/mol. The summed E-state index contributed by atoms with van der Waals surface area (Å²) in [4.78, 5) is 48.7. The van der Waals surface area contributed by atoms with Crippen molar-refractivity contribution < 1.29 is 38.5 Å². The molecule has 0 spiro atoms. The lowest BCUT2D eigenvalue weighted by atomic mass is 10.1. The van der Waals surface area contributed by atoms with Crippen LogP contribution in [0.5, 0.6) is 11.5 Å². The first-order chi connectivity index (χ1) is 16.6. The van der Waals surface area contributed by atoms with Gasteiger partial charge in [0.05, 0.1) is 28.7 Å². The molecule has 2 amide bonds. The lowest BCUT2D eigenvalue weighted by molar-refractivity contribution is -0.149. The maximum atomic E-state index is 12.7. The quantitative estimate of drug-likeness (QED) is 0.374. The molecule has 0 aromatic heterocycles. The van der Waals surface area contributed by atoms with E-state index < -0.39 is 29.6 Å². The molecule has 9 nitrogen and oxygen atoms in total. The van der Waals surface area contributed by atoms with E-state index in [4.69, 9.17) is 30.9 Å². The number of carboxylic acid groups (broad SMARTS) is 1. The molecule has 0 saturated carbocycles. The van der Waals surface area contributed by atoms with Crippen LogP contribution in [-0.2, 0) is 20.9 Å². The van der Waals surface area contributed by atoms with Gasteiger partial charge in [-0.2, -0.15) is 0 Å². The van der Waals surface area contributed by atoms with E-state index in [1.165, 1.54) is 25.3 Å². The van der Waals surface area contributed by atoms with Gasteiger partial charge in [0.25, 0.3) is 11.1 Å². The van der Waals surface area contributed by atoms with Crippen LogP contribution in [0, 0.1) is 0 Å². The fourth-order valence-corrected chi connectivity index (χ4v) is 4.19. The number of carbonyl (C=O) groups is 4. The fraction of sp³-hybridized carbons (Fsp3) is 0.250. The summed E-state index contributed by atoms with van der Waals surface area (Å²) in [7, 11) is 1.43. The molecule has 1 heterocycles. The SMILES string of the molecule is COc1cc(/C=C2/SC(=O)N(CC(=O)OC(C)C)C2=O)cc(Cl)c1OCc1ccc(C(=O)O)cc1. The number of carbonyl (C=O) groups excluding carboxylic acids is 3. The Bertz CT molecular complexity index is 1190. The van der Waals surface area contributed by atoms with Crippen molar-refractivity contribution in [1.29, 1.82) is 0 Å². The lowest BCUT2D eigenvalue weighted by Gasteiger charge is -2.14. The molecule has 0 unspecified atom stereocenters. The standard InChI is InChI=1S/C24H22ClNO8S/c1-13(2)34-20(27)11-26-22(28)19(35-24(26)31)10-15-8-17(25)21(18(9-15)32-3)33-12-14-4-6-16(7-5-14)23(29)30/h4-10,13H,11-12H2,1-3H3,(H,29,30)/b19-10+. The van der Waals surface area contributed by atoms with E-state index in [9.17, 15) is 19.2 Å². The molecule has 1 saturated heterocycles. The summed E-state index contributed by atoms with van der Waals surface area (Å²) in [6.45, 7) is 2.99. The van der Waals surface area contributed by atoms with Crippen molar-refractivity contribution in [2.75, 3.05) is 13.7 Å². The predicted octanol–water partition coefficient (Wildman–Crippen LogP) is 4.61. The maximum Gasteiger partial charge on any atom is 0.335 e. The summed E-state index contributed by atoms with van der Waals surface area (Å²) in [5, 5.41) is 8.63. The Morgan fingerprint density at radius 2 is 1.86 bits per heavy atom. The highest BCUT2D eigenvalue weighted by molar-refractivity contribution is 8.18. The largest absolute Gasteiger partial charge is 0.493 e. The molecule has 0 radical (unpaired) electrons. The third-order valence-corrected chi connectivity index (χ3v) is 5.85. The summed E-state index contributed by atoms with van der Waals surface area (Å²) >= 11 is 7.11. The van der Waals surface area contributed by atoms with Crippen LogP contribution in [0.2, 0.25) is 5.02 Å². The van der Waals surface area contributed by atoms with Gasteiger partial charge in [-0.15, -0.1) is 0 Å². The number of imide groups is 1. The third kappa shape index (κ3) is 6.55. The maximum absolute atomic E-state index is 12.7. The number of aromatic carboxylic acids is 1. The number of benzene rings is 2. The first kappa shape index (κ1) is 26.1. The zero-order chi connectivity index (χ0) is 25.7. The Hall–Kier alpha value is -3.50. The predicted molar refractivity (Wildman–Crippen MR) is 130 cm³/mol.